The van der Waals surface area contributed by atoms with E-state index in [1.165, 1.54) is 6.07 Å². The van der Waals surface area contributed by atoms with E-state index in [4.69, 9.17) is 18.9 Å². The first-order chi connectivity index (χ1) is 20.6. The average Bonchev–Trinajstić information content (AvgIpc) is 3.00. The van der Waals surface area contributed by atoms with Gasteiger partial charge in [0, 0.05) is 57.0 Å². The predicted molar refractivity (Wildman–Crippen MR) is 165 cm³/mol. The standard InChI is InChI=1S/C29H41N5O6S2/c35-29(36)28-6-3-5-26(32-28)21-33-9-13-37-17-18-38-14-10-34(20-25-4-1-2-7-31-25)12-16-40-27(22-39-15-11-33)23-42-19-8-30-24-41/h1-7,27H,8-23H2,(H,35,36)/t27-/m0/s1. The highest BCUT2D eigenvalue weighted by Crippen LogP contribution is 2.09. The number of thiocarbonyl (C=S) groups is 1. The number of nitrogens with zero attached hydrogens (tertiary/aromatic N) is 5. The molecule has 1 aliphatic heterocycles. The SMILES string of the molecule is O=C(O)c1cccc(CN2CCOCCOCCN(Cc3ccccn3)CCO[C@H](CSCCN=C=S)COCC2)n1. The third kappa shape index (κ3) is 14.7. The minimum atomic E-state index is -1.04. The second-order valence-electron chi connectivity index (χ2n) is 9.53. The summed E-state index contributed by atoms with van der Waals surface area (Å²) in [6, 6.07) is 11.0. The molecular formula is C29H41N5O6S2. The van der Waals surface area contributed by atoms with Gasteiger partial charge in [0.1, 0.15) is 5.69 Å². The third-order valence-electron chi connectivity index (χ3n) is 6.33. The molecule has 0 saturated carbocycles. The molecule has 0 bridgehead atoms. The van der Waals surface area contributed by atoms with Crippen molar-refractivity contribution in [1.82, 2.24) is 19.8 Å². The zero-order valence-corrected chi connectivity index (χ0v) is 25.6. The van der Waals surface area contributed by atoms with Crippen LogP contribution >= 0.6 is 24.0 Å². The Labute approximate surface area is 257 Å². The highest BCUT2D eigenvalue weighted by atomic mass is 32.2. The van der Waals surface area contributed by atoms with Crippen molar-refractivity contribution in [3.05, 3.63) is 59.7 Å². The minimum absolute atomic E-state index is 0.0333. The summed E-state index contributed by atoms with van der Waals surface area (Å²) in [6.45, 7) is 8.23. The molecule has 0 radical (unpaired) electrons. The zero-order valence-electron chi connectivity index (χ0n) is 24.0. The van der Waals surface area contributed by atoms with Gasteiger partial charge in [-0.1, -0.05) is 12.1 Å². The van der Waals surface area contributed by atoms with E-state index in [0.717, 1.165) is 36.8 Å². The van der Waals surface area contributed by atoms with Crippen molar-refractivity contribution in [2.75, 3.05) is 90.5 Å². The highest BCUT2D eigenvalue weighted by molar-refractivity contribution is 7.99. The molecule has 42 heavy (non-hydrogen) atoms. The minimum Gasteiger partial charge on any atom is -0.477 e. The van der Waals surface area contributed by atoms with Crippen LogP contribution in [0.2, 0.25) is 0 Å². The number of isothiocyanates is 1. The molecule has 0 amide bonds. The molecular weight excluding hydrogens is 578 g/mol. The summed E-state index contributed by atoms with van der Waals surface area (Å²) >= 11 is 6.42. The smallest absolute Gasteiger partial charge is 0.354 e. The quantitative estimate of drug-likeness (QED) is 0.239. The number of rotatable bonds is 10. The van der Waals surface area contributed by atoms with Crippen LogP contribution in [0.4, 0.5) is 0 Å². The van der Waals surface area contributed by atoms with Crippen molar-refractivity contribution >= 4 is 35.1 Å². The Morgan fingerprint density at radius 2 is 1.64 bits per heavy atom. The summed E-state index contributed by atoms with van der Waals surface area (Å²) in [7, 11) is 0. The second kappa shape index (κ2) is 21.4. The molecule has 13 heteroatoms. The van der Waals surface area contributed by atoms with Crippen LogP contribution in [0.5, 0.6) is 0 Å². The number of hydrogen-bond donors (Lipinski definition) is 1. The number of aromatic carboxylic acids is 1. The average molecular weight is 620 g/mol. The lowest BCUT2D eigenvalue weighted by Gasteiger charge is -2.25. The fraction of sp³-hybridized carbons (Fsp3) is 0.586. The number of carboxylic acid groups (broad SMARTS) is 1. The van der Waals surface area contributed by atoms with E-state index in [1.807, 2.05) is 30.5 Å². The Morgan fingerprint density at radius 1 is 0.952 bits per heavy atom. The van der Waals surface area contributed by atoms with Crippen molar-refractivity contribution in [3.8, 4) is 0 Å². The number of ether oxygens (including phenoxy) is 4. The Kier molecular flexibility index (Phi) is 17.4. The Bertz CT molecular complexity index is 1080. The first kappa shape index (κ1) is 34.2. The monoisotopic (exact) mass is 619 g/mol. The molecule has 230 valence electrons. The Balaban J connectivity index is 1.59. The van der Waals surface area contributed by atoms with Crippen LogP contribution in [0.25, 0.3) is 0 Å². The molecule has 1 fully saturated rings. The van der Waals surface area contributed by atoms with Gasteiger partial charge in [-0.2, -0.15) is 11.8 Å². The summed E-state index contributed by atoms with van der Waals surface area (Å²) < 4.78 is 24.1. The summed E-state index contributed by atoms with van der Waals surface area (Å²) in [6.07, 6.45) is 1.73. The van der Waals surface area contributed by atoms with Gasteiger partial charge in [-0.05, 0) is 36.5 Å². The van der Waals surface area contributed by atoms with E-state index >= 15 is 0 Å². The van der Waals surface area contributed by atoms with Gasteiger partial charge >= 0.3 is 5.97 Å². The van der Waals surface area contributed by atoms with Crippen molar-refractivity contribution in [2.24, 2.45) is 4.99 Å². The summed E-state index contributed by atoms with van der Waals surface area (Å²) in [5, 5.41) is 11.7. The number of carbonyl (C=O) groups is 1. The van der Waals surface area contributed by atoms with Gasteiger partial charge in [-0.3, -0.25) is 14.8 Å². The van der Waals surface area contributed by atoms with Crippen LogP contribution in [0.3, 0.4) is 0 Å². The van der Waals surface area contributed by atoms with Crippen LogP contribution in [0.1, 0.15) is 21.9 Å². The fourth-order valence-corrected chi connectivity index (χ4v) is 5.09. The van der Waals surface area contributed by atoms with E-state index in [2.05, 4.69) is 42.1 Å². The molecule has 1 aliphatic rings. The van der Waals surface area contributed by atoms with Gasteiger partial charge in [0.15, 0.2) is 0 Å². The molecule has 1 N–H and O–H groups in total. The number of hydrogen-bond acceptors (Lipinski definition) is 12. The van der Waals surface area contributed by atoms with E-state index in [9.17, 15) is 9.90 Å². The van der Waals surface area contributed by atoms with Gasteiger partial charge < -0.3 is 24.1 Å². The number of aliphatic imine (C=N–C) groups is 1. The molecule has 3 rings (SSSR count). The maximum atomic E-state index is 11.4. The highest BCUT2D eigenvalue weighted by Gasteiger charge is 2.15. The Hall–Kier alpha value is -2.32. The van der Waals surface area contributed by atoms with E-state index in [0.29, 0.717) is 78.1 Å². The van der Waals surface area contributed by atoms with Gasteiger partial charge in [0.2, 0.25) is 0 Å². The molecule has 3 heterocycles. The lowest BCUT2D eigenvalue weighted by atomic mass is 10.3. The number of pyridine rings is 2. The maximum absolute atomic E-state index is 11.4. The van der Waals surface area contributed by atoms with Crippen molar-refractivity contribution in [3.63, 3.8) is 0 Å². The molecule has 1 saturated heterocycles. The Morgan fingerprint density at radius 3 is 2.33 bits per heavy atom. The lowest BCUT2D eigenvalue weighted by molar-refractivity contribution is -0.0238. The summed E-state index contributed by atoms with van der Waals surface area (Å²) in [5.41, 5.74) is 1.73. The van der Waals surface area contributed by atoms with Crippen LogP contribution in [-0.4, -0.2) is 133 Å². The van der Waals surface area contributed by atoms with Gasteiger partial charge in [-0.25, -0.2) is 14.8 Å². The first-order valence-corrected chi connectivity index (χ1v) is 15.7. The molecule has 11 nitrogen and oxygen atoms in total. The molecule has 2 aromatic heterocycles. The normalized spacial score (nSPS) is 19.3. The number of thioether (sulfide) groups is 1. The van der Waals surface area contributed by atoms with Crippen LogP contribution in [0, 0.1) is 0 Å². The fourth-order valence-electron chi connectivity index (χ4n) is 4.16. The first-order valence-electron chi connectivity index (χ1n) is 14.1. The van der Waals surface area contributed by atoms with Gasteiger partial charge in [-0.15, -0.1) is 0 Å². The number of carboxylic acids is 1. The molecule has 0 unspecified atom stereocenters. The largest absolute Gasteiger partial charge is 0.477 e. The van der Waals surface area contributed by atoms with Crippen LogP contribution < -0.4 is 0 Å². The summed E-state index contributed by atoms with van der Waals surface area (Å²) in [5.74, 6) is 0.573. The molecule has 2 aromatic rings. The zero-order chi connectivity index (χ0) is 29.7. The second-order valence-corrected chi connectivity index (χ2v) is 10.9. The maximum Gasteiger partial charge on any atom is 0.354 e. The third-order valence-corrected chi connectivity index (χ3v) is 7.54. The predicted octanol–water partition coefficient (Wildman–Crippen LogP) is 2.76. The molecule has 1 atom stereocenters. The topological polar surface area (TPSA) is 119 Å². The lowest BCUT2D eigenvalue weighted by Crippen LogP contribution is -2.35. The molecule has 0 aromatic carbocycles. The molecule has 0 spiro atoms. The van der Waals surface area contributed by atoms with Crippen LogP contribution in [-0.2, 0) is 32.0 Å². The van der Waals surface area contributed by atoms with Gasteiger partial charge in [0.05, 0.1) is 75.4 Å². The molecule has 0 aliphatic carbocycles. The van der Waals surface area contributed by atoms with Crippen molar-refractivity contribution in [1.29, 1.82) is 0 Å². The van der Waals surface area contributed by atoms with E-state index < -0.39 is 5.97 Å². The van der Waals surface area contributed by atoms with E-state index in [-0.39, 0.29) is 11.8 Å². The van der Waals surface area contributed by atoms with E-state index in [1.54, 1.807) is 17.8 Å². The van der Waals surface area contributed by atoms with Crippen molar-refractivity contribution < 1.29 is 28.8 Å². The summed E-state index contributed by atoms with van der Waals surface area (Å²) in [4.78, 5) is 28.5. The van der Waals surface area contributed by atoms with Crippen LogP contribution in [0.15, 0.2) is 47.6 Å². The van der Waals surface area contributed by atoms with Crippen molar-refractivity contribution in [2.45, 2.75) is 19.2 Å². The number of aromatic nitrogens is 2. The van der Waals surface area contributed by atoms with Gasteiger partial charge in [0.25, 0.3) is 0 Å².